The van der Waals surface area contributed by atoms with Crippen LogP contribution in [0.1, 0.15) is 34.8 Å². The summed E-state index contributed by atoms with van der Waals surface area (Å²) in [5, 5.41) is 8.39. The van der Waals surface area contributed by atoms with Crippen molar-refractivity contribution in [2.45, 2.75) is 13.8 Å². The molecule has 0 amide bonds. The largest absolute Gasteiger partial charge is 0.493 e. The SMILES string of the molecule is CCOC(=O)c1c2c3cc(OC)c(OC)cc3c3cc(OC)c(OC)cc3c2c(-c2c3c4cc(OC)c(OC)cc4c4cc(OC)c(OC)cc4c3c(C(=O)OCC)n2C)n1C. The first-order valence-corrected chi connectivity index (χ1v) is 19.9. The van der Waals surface area contributed by atoms with Crippen molar-refractivity contribution in [2.24, 2.45) is 14.1 Å². The summed E-state index contributed by atoms with van der Waals surface area (Å²) < 4.78 is 62.3. The lowest BCUT2D eigenvalue weighted by Gasteiger charge is -2.17. The van der Waals surface area contributed by atoms with Crippen LogP contribution in [0.15, 0.2) is 48.5 Å². The van der Waals surface area contributed by atoms with E-state index >= 15 is 0 Å². The summed E-state index contributed by atoms with van der Waals surface area (Å²) in [7, 11) is 16.2. The molecule has 2 aromatic heterocycles. The molecule has 62 heavy (non-hydrogen) atoms. The van der Waals surface area contributed by atoms with Gasteiger partial charge in [0.1, 0.15) is 11.4 Å². The average Bonchev–Trinajstić information content (AvgIpc) is 3.77. The molecule has 0 atom stereocenters. The highest BCUT2D eigenvalue weighted by Crippen LogP contribution is 2.53. The standard InChI is InChI=1S/C48H48N2O12/c1-13-61-47(51)45-41-29-21-37(59-11)33(55-7)17-25(29)23-15-31(53-5)35(57-9)19-27(23)39(41)43(49(45)3)44-40-28-20-36(58-10)32(54-6)16-24(28)26-18-34(56-8)38(60-12)22-30(26)42(40)46(50(44)4)48(52)62-14-2/h15-22H,13-14H2,1-12H3. The molecule has 0 spiro atoms. The predicted octanol–water partition coefficient (Wildman–Crippen LogP) is 9.37. The first-order chi connectivity index (χ1) is 30.0. The van der Waals surface area contributed by atoms with Crippen molar-refractivity contribution >= 4 is 76.6 Å². The van der Waals surface area contributed by atoms with Crippen molar-refractivity contribution in [3.05, 3.63) is 59.9 Å². The van der Waals surface area contributed by atoms with Gasteiger partial charge in [-0.2, -0.15) is 0 Å². The van der Waals surface area contributed by atoms with Crippen LogP contribution in [0.25, 0.3) is 76.0 Å². The van der Waals surface area contributed by atoms with Crippen LogP contribution < -0.4 is 37.9 Å². The Hall–Kier alpha value is -7.22. The molecule has 0 aliphatic rings. The molecule has 0 N–H and O–H groups in total. The Morgan fingerprint density at radius 2 is 0.581 bits per heavy atom. The molecule has 14 nitrogen and oxygen atoms in total. The van der Waals surface area contributed by atoms with Crippen LogP contribution in [0.4, 0.5) is 0 Å². The van der Waals surface area contributed by atoms with Crippen molar-refractivity contribution in [1.29, 1.82) is 0 Å². The molecular weight excluding hydrogens is 797 g/mol. The van der Waals surface area contributed by atoms with Gasteiger partial charge in [0, 0.05) is 35.6 Å². The molecule has 14 heteroatoms. The van der Waals surface area contributed by atoms with Crippen molar-refractivity contribution < 1.29 is 57.0 Å². The molecule has 0 fully saturated rings. The van der Waals surface area contributed by atoms with E-state index in [9.17, 15) is 9.59 Å². The van der Waals surface area contributed by atoms with Crippen molar-refractivity contribution in [3.8, 4) is 57.4 Å². The number of hydrogen-bond acceptors (Lipinski definition) is 12. The second-order valence-electron chi connectivity index (χ2n) is 14.5. The first kappa shape index (κ1) is 41.5. The van der Waals surface area contributed by atoms with Crippen LogP contribution in [0, 0.1) is 0 Å². The zero-order chi connectivity index (χ0) is 44.3. The van der Waals surface area contributed by atoms with E-state index in [1.165, 1.54) is 0 Å². The zero-order valence-electron chi connectivity index (χ0n) is 36.8. The Morgan fingerprint density at radius 1 is 0.371 bits per heavy atom. The number of hydrogen-bond donors (Lipinski definition) is 0. The average molecular weight is 845 g/mol. The number of fused-ring (bicyclic) bond motifs is 12. The van der Waals surface area contributed by atoms with Gasteiger partial charge in [-0.05, 0) is 105 Å². The lowest BCUT2D eigenvalue weighted by molar-refractivity contribution is 0.0507. The maximum absolute atomic E-state index is 14.5. The van der Waals surface area contributed by atoms with E-state index in [0.29, 0.717) is 89.7 Å². The van der Waals surface area contributed by atoms with Crippen LogP contribution in [0.5, 0.6) is 46.0 Å². The van der Waals surface area contributed by atoms with Crippen LogP contribution in [-0.2, 0) is 23.6 Å². The molecule has 6 aromatic carbocycles. The minimum absolute atomic E-state index is 0.123. The van der Waals surface area contributed by atoms with Gasteiger partial charge in [-0.15, -0.1) is 0 Å². The Kier molecular flexibility index (Phi) is 10.7. The van der Waals surface area contributed by atoms with Crippen molar-refractivity contribution in [1.82, 2.24) is 9.13 Å². The molecule has 0 unspecified atom stereocenters. The molecule has 0 aliphatic carbocycles. The number of rotatable bonds is 13. The topological polar surface area (TPSA) is 136 Å². The molecular formula is C48H48N2O12. The zero-order valence-corrected chi connectivity index (χ0v) is 36.8. The van der Waals surface area contributed by atoms with E-state index in [4.69, 9.17) is 47.4 Å². The number of carbonyl (C=O) groups excluding carboxylic acids is 2. The van der Waals surface area contributed by atoms with Crippen molar-refractivity contribution in [2.75, 3.05) is 70.1 Å². The van der Waals surface area contributed by atoms with Gasteiger partial charge in [-0.3, -0.25) is 0 Å². The summed E-state index contributed by atoms with van der Waals surface area (Å²) in [6.45, 7) is 3.78. The Balaban J connectivity index is 1.75. The molecule has 0 radical (unpaired) electrons. The van der Waals surface area contributed by atoms with Crippen LogP contribution in [-0.4, -0.2) is 91.2 Å². The van der Waals surface area contributed by atoms with Gasteiger partial charge in [-0.1, -0.05) is 0 Å². The van der Waals surface area contributed by atoms with E-state index in [0.717, 1.165) is 32.3 Å². The van der Waals surface area contributed by atoms with Gasteiger partial charge in [0.05, 0.1) is 81.5 Å². The van der Waals surface area contributed by atoms with Crippen molar-refractivity contribution in [3.63, 3.8) is 0 Å². The van der Waals surface area contributed by atoms with E-state index in [1.807, 2.05) is 71.8 Å². The second-order valence-corrected chi connectivity index (χ2v) is 14.5. The Bertz CT molecular complexity index is 2950. The van der Waals surface area contributed by atoms with Gasteiger partial charge < -0.3 is 56.5 Å². The number of nitrogens with zero attached hydrogens (tertiary/aromatic N) is 2. The fourth-order valence-corrected chi connectivity index (χ4v) is 9.08. The van der Waals surface area contributed by atoms with Gasteiger partial charge in [0.2, 0.25) is 0 Å². The fourth-order valence-electron chi connectivity index (χ4n) is 9.08. The summed E-state index contributed by atoms with van der Waals surface area (Å²) in [5.74, 6) is 2.72. The highest BCUT2D eigenvalue weighted by molar-refractivity contribution is 6.37. The van der Waals surface area contributed by atoms with Gasteiger partial charge in [0.25, 0.3) is 0 Å². The number of methoxy groups -OCH3 is 8. The summed E-state index contributed by atoms with van der Waals surface area (Å²) in [4.78, 5) is 29.1. The lowest BCUT2D eigenvalue weighted by Crippen LogP contribution is -2.13. The highest BCUT2D eigenvalue weighted by atomic mass is 16.5. The molecule has 0 aliphatic heterocycles. The number of carbonyl (C=O) groups is 2. The van der Waals surface area contributed by atoms with Crippen LogP contribution in [0.3, 0.4) is 0 Å². The summed E-state index contributed by atoms with van der Waals surface area (Å²) in [6, 6.07) is 15.1. The maximum atomic E-state index is 14.5. The fraction of sp³-hybridized carbons (Fsp3) is 0.292. The monoisotopic (exact) mass is 844 g/mol. The molecule has 8 aromatic rings. The summed E-state index contributed by atoms with van der Waals surface area (Å²) in [6.07, 6.45) is 0. The summed E-state index contributed by atoms with van der Waals surface area (Å²) >= 11 is 0. The smallest absolute Gasteiger partial charge is 0.355 e. The number of benzene rings is 6. The quantitative estimate of drug-likeness (QED) is 0.0808. The third kappa shape index (κ3) is 5.91. The predicted molar refractivity (Wildman–Crippen MR) is 239 cm³/mol. The maximum Gasteiger partial charge on any atom is 0.355 e. The van der Waals surface area contributed by atoms with E-state index in [1.54, 1.807) is 70.7 Å². The minimum atomic E-state index is -0.551. The van der Waals surface area contributed by atoms with Crippen LogP contribution in [0.2, 0.25) is 0 Å². The van der Waals surface area contributed by atoms with E-state index < -0.39 is 11.9 Å². The normalized spacial score (nSPS) is 11.5. The van der Waals surface area contributed by atoms with E-state index in [2.05, 4.69) is 0 Å². The minimum Gasteiger partial charge on any atom is -0.493 e. The second kappa shape index (κ2) is 16.0. The Labute approximate surface area is 357 Å². The third-order valence-corrected chi connectivity index (χ3v) is 11.7. The molecule has 322 valence electrons. The van der Waals surface area contributed by atoms with Gasteiger partial charge in [-0.25, -0.2) is 9.59 Å². The third-order valence-electron chi connectivity index (χ3n) is 11.7. The van der Waals surface area contributed by atoms with E-state index in [-0.39, 0.29) is 24.6 Å². The number of ether oxygens (including phenoxy) is 10. The molecule has 0 saturated carbocycles. The molecule has 8 rings (SSSR count). The summed E-state index contributed by atoms with van der Waals surface area (Å²) in [5.41, 5.74) is 1.73. The molecule has 0 bridgehead atoms. The first-order valence-electron chi connectivity index (χ1n) is 19.9. The van der Waals surface area contributed by atoms with Gasteiger partial charge >= 0.3 is 11.9 Å². The van der Waals surface area contributed by atoms with Crippen LogP contribution >= 0.6 is 0 Å². The number of esters is 2. The van der Waals surface area contributed by atoms with Gasteiger partial charge in [0.15, 0.2) is 46.0 Å². The number of aromatic nitrogens is 2. The molecule has 0 saturated heterocycles. The highest BCUT2D eigenvalue weighted by Gasteiger charge is 2.34. The lowest BCUT2D eigenvalue weighted by atomic mass is 9.91. The Morgan fingerprint density at radius 3 is 0.790 bits per heavy atom. The molecule has 2 heterocycles.